The average molecular weight is 397 g/mol. The summed E-state index contributed by atoms with van der Waals surface area (Å²) in [5.41, 5.74) is 2.24. The summed E-state index contributed by atoms with van der Waals surface area (Å²) in [5, 5.41) is 0. The average Bonchev–Trinajstić information content (AvgIpc) is 2.75. The molecule has 6 heteroatoms. The van der Waals surface area contributed by atoms with Crippen LogP contribution in [0, 0.1) is 0 Å². The fraction of sp³-hybridized carbons (Fsp3) is 0.348. The second-order valence-corrected chi connectivity index (χ2v) is 6.50. The Labute approximate surface area is 171 Å². The molecular formula is C23H27NO5. The third kappa shape index (κ3) is 5.67. The third-order valence-corrected chi connectivity index (χ3v) is 4.78. The predicted molar refractivity (Wildman–Crippen MR) is 111 cm³/mol. The lowest BCUT2D eigenvalue weighted by Crippen LogP contribution is -2.33. The van der Waals surface area contributed by atoms with Crippen LogP contribution >= 0.6 is 0 Å². The summed E-state index contributed by atoms with van der Waals surface area (Å²) < 4.78 is 10.5. The Balaban J connectivity index is 2.38. The Morgan fingerprint density at radius 2 is 1.69 bits per heavy atom. The Hall–Kier alpha value is -3.15. The maximum absolute atomic E-state index is 12.5. The quantitative estimate of drug-likeness (QED) is 0.466. The number of amides is 1. The van der Waals surface area contributed by atoms with E-state index in [1.165, 1.54) is 23.6 Å². The molecule has 6 nitrogen and oxygen atoms in total. The van der Waals surface area contributed by atoms with Crippen LogP contribution in [0.5, 0.6) is 5.75 Å². The number of rotatable bonds is 9. The molecule has 0 aliphatic heterocycles. The van der Waals surface area contributed by atoms with Crippen LogP contribution in [-0.2, 0) is 17.6 Å². The molecule has 2 aromatic rings. The molecule has 0 radical (unpaired) electrons. The van der Waals surface area contributed by atoms with Crippen molar-refractivity contribution in [2.45, 2.75) is 33.1 Å². The molecule has 0 unspecified atom stereocenters. The van der Waals surface area contributed by atoms with Gasteiger partial charge in [0.1, 0.15) is 11.8 Å². The fourth-order valence-electron chi connectivity index (χ4n) is 3.15. The number of aldehydes is 1. The highest BCUT2D eigenvalue weighted by Crippen LogP contribution is 2.30. The van der Waals surface area contributed by atoms with Gasteiger partial charge in [0.25, 0.3) is 0 Å². The summed E-state index contributed by atoms with van der Waals surface area (Å²) in [6, 6.07) is 13.0. The van der Waals surface area contributed by atoms with Gasteiger partial charge in [0.2, 0.25) is 0 Å². The third-order valence-electron chi connectivity index (χ3n) is 4.78. The molecule has 0 aromatic heterocycles. The number of hydrogen-bond donors (Lipinski definition) is 0. The zero-order valence-corrected chi connectivity index (χ0v) is 17.1. The van der Waals surface area contributed by atoms with E-state index in [9.17, 15) is 14.4 Å². The number of ether oxygens (including phenoxy) is 2. The number of carbonyl (C=O) groups is 3. The highest BCUT2D eigenvalue weighted by Gasteiger charge is 2.24. The molecule has 0 saturated heterocycles. The van der Waals surface area contributed by atoms with E-state index < -0.39 is 12.1 Å². The van der Waals surface area contributed by atoms with Gasteiger partial charge >= 0.3 is 12.1 Å². The van der Waals surface area contributed by atoms with Crippen LogP contribution in [0.3, 0.4) is 0 Å². The molecule has 0 N–H and O–H groups in total. The van der Waals surface area contributed by atoms with Gasteiger partial charge in [0, 0.05) is 24.2 Å². The molecule has 0 atom stereocenters. The first kappa shape index (κ1) is 22.1. The first-order valence-corrected chi connectivity index (χ1v) is 9.75. The van der Waals surface area contributed by atoms with E-state index in [1.807, 2.05) is 44.2 Å². The fourth-order valence-corrected chi connectivity index (χ4v) is 3.15. The van der Waals surface area contributed by atoms with Gasteiger partial charge < -0.3 is 14.4 Å². The minimum atomic E-state index is -0.617. The summed E-state index contributed by atoms with van der Waals surface area (Å²) in [7, 11) is 1.26. The van der Waals surface area contributed by atoms with Crippen molar-refractivity contribution >= 4 is 18.3 Å². The normalized spacial score (nSPS) is 10.3. The Morgan fingerprint density at radius 3 is 2.28 bits per heavy atom. The molecule has 0 fully saturated rings. The Bertz CT molecular complexity index is 844. The number of aryl methyl sites for hydroxylation is 1. The number of carbonyl (C=O) groups excluding carboxylic acids is 3. The maximum atomic E-state index is 12.5. The maximum Gasteiger partial charge on any atom is 0.415 e. The number of benzene rings is 2. The van der Waals surface area contributed by atoms with Gasteiger partial charge in [-0.25, -0.2) is 9.59 Å². The second-order valence-electron chi connectivity index (χ2n) is 6.50. The lowest BCUT2D eigenvalue weighted by molar-refractivity contribution is 0.0596. The van der Waals surface area contributed by atoms with Crippen molar-refractivity contribution in [3.8, 4) is 5.75 Å². The van der Waals surface area contributed by atoms with E-state index in [2.05, 4.69) is 0 Å². The molecule has 0 heterocycles. The van der Waals surface area contributed by atoms with Gasteiger partial charge in [0.05, 0.1) is 7.11 Å². The van der Waals surface area contributed by atoms with Crippen molar-refractivity contribution in [1.82, 2.24) is 4.90 Å². The zero-order chi connectivity index (χ0) is 21.2. The van der Waals surface area contributed by atoms with Crippen molar-refractivity contribution in [3.05, 3.63) is 64.7 Å². The van der Waals surface area contributed by atoms with Crippen LogP contribution in [-0.4, -0.2) is 43.4 Å². The lowest BCUT2D eigenvalue weighted by atomic mass is 9.96. The van der Waals surface area contributed by atoms with Crippen molar-refractivity contribution in [2.24, 2.45) is 0 Å². The van der Waals surface area contributed by atoms with Crippen LogP contribution in [0.15, 0.2) is 42.5 Å². The van der Waals surface area contributed by atoms with Crippen molar-refractivity contribution in [1.29, 1.82) is 0 Å². The standard InChI is InChI=1S/C23H27NO5/c1-4-24(5-2)23(27)29-21-19(13-9-12-17-10-7-6-8-11-17)18(16-25)14-15-20(21)22(26)28-3/h6-8,10-11,14-16H,4-5,9,12-13H2,1-3H3. The summed E-state index contributed by atoms with van der Waals surface area (Å²) in [5.74, 6) is -0.513. The lowest BCUT2D eigenvalue weighted by Gasteiger charge is -2.21. The molecule has 154 valence electrons. The van der Waals surface area contributed by atoms with Gasteiger partial charge in [-0.2, -0.15) is 0 Å². The number of esters is 1. The molecule has 0 spiro atoms. The molecule has 2 rings (SSSR count). The van der Waals surface area contributed by atoms with E-state index >= 15 is 0 Å². The summed E-state index contributed by atoms with van der Waals surface area (Å²) in [4.78, 5) is 37.9. The van der Waals surface area contributed by atoms with E-state index in [0.717, 1.165) is 12.8 Å². The molecule has 2 aromatic carbocycles. The zero-order valence-electron chi connectivity index (χ0n) is 17.1. The largest absolute Gasteiger partial charge is 0.465 e. The van der Waals surface area contributed by atoms with Crippen LogP contribution in [0.4, 0.5) is 4.79 Å². The minimum Gasteiger partial charge on any atom is -0.465 e. The minimum absolute atomic E-state index is 0.103. The van der Waals surface area contributed by atoms with Crippen LogP contribution in [0.25, 0.3) is 0 Å². The van der Waals surface area contributed by atoms with E-state index in [4.69, 9.17) is 9.47 Å². The molecule has 0 bridgehead atoms. The topological polar surface area (TPSA) is 72.9 Å². The predicted octanol–water partition coefficient (Wildman–Crippen LogP) is 4.30. The first-order chi connectivity index (χ1) is 14.0. The molecule has 0 aliphatic carbocycles. The SMILES string of the molecule is CCN(CC)C(=O)Oc1c(C(=O)OC)ccc(C=O)c1CCCc1ccccc1. The van der Waals surface area contributed by atoms with E-state index in [1.54, 1.807) is 6.07 Å². The summed E-state index contributed by atoms with van der Waals surface area (Å²) in [6.45, 7) is 4.63. The van der Waals surface area contributed by atoms with Gasteiger partial charge in [-0.15, -0.1) is 0 Å². The van der Waals surface area contributed by atoms with Crippen LogP contribution < -0.4 is 4.74 Å². The monoisotopic (exact) mass is 397 g/mol. The molecular weight excluding hydrogens is 370 g/mol. The number of nitrogens with zero attached hydrogens (tertiary/aromatic N) is 1. The summed E-state index contributed by atoms with van der Waals surface area (Å²) >= 11 is 0. The molecule has 29 heavy (non-hydrogen) atoms. The molecule has 1 amide bonds. The summed E-state index contributed by atoms with van der Waals surface area (Å²) in [6.07, 6.45) is 2.16. The van der Waals surface area contributed by atoms with Gasteiger partial charge in [-0.3, -0.25) is 4.79 Å². The number of hydrogen-bond acceptors (Lipinski definition) is 5. The van der Waals surface area contributed by atoms with Crippen LogP contribution in [0.2, 0.25) is 0 Å². The van der Waals surface area contributed by atoms with Crippen LogP contribution in [0.1, 0.15) is 52.1 Å². The molecule has 0 aliphatic rings. The highest BCUT2D eigenvalue weighted by atomic mass is 16.6. The Morgan fingerprint density at radius 1 is 1.00 bits per heavy atom. The van der Waals surface area contributed by atoms with Crippen molar-refractivity contribution in [3.63, 3.8) is 0 Å². The first-order valence-electron chi connectivity index (χ1n) is 9.75. The Kier molecular flexibility index (Phi) is 8.40. The second kappa shape index (κ2) is 11.0. The van der Waals surface area contributed by atoms with Crippen molar-refractivity contribution in [2.75, 3.05) is 20.2 Å². The van der Waals surface area contributed by atoms with E-state index in [-0.39, 0.29) is 11.3 Å². The van der Waals surface area contributed by atoms with Gasteiger partial charge in [0.15, 0.2) is 5.75 Å². The number of methoxy groups -OCH3 is 1. The van der Waals surface area contributed by atoms with Gasteiger partial charge in [-0.05, 0) is 44.7 Å². The highest BCUT2D eigenvalue weighted by molar-refractivity contribution is 5.96. The van der Waals surface area contributed by atoms with Gasteiger partial charge in [-0.1, -0.05) is 36.4 Å². The molecule has 0 saturated carbocycles. The van der Waals surface area contributed by atoms with E-state index in [0.29, 0.717) is 36.9 Å². The van der Waals surface area contributed by atoms with Crippen molar-refractivity contribution < 1.29 is 23.9 Å². The smallest absolute Gasteiger partial charge is 0.415 e.